The quantitative estimate of drug-likeness (QED) is 0.0835. The minimum atomic E-state index is -1.05. The Labute approximate surface area is 335 Å². The van der Waals surface area contributed by atoms with Gasteiger partial charge in [0.15, 0.2) is 6.29 Å². The summed E-state index contributed by atoms with van der Waals surface area (Å²) in [6.45, 7) is 23.2. The van der Waals surface area contributed by atoms with Gasteiger partial charge in [-0.15, -0.1) is 0 Å². The second-order valence-electron chi connectivity index (χ2n) is 18.2. The molecule has 0 aromatic rings. The summed E-state index contributed by atoms with van der Waals surface area (Å²) in [7, 11) is 1.47. The lowest BCUT2D eigenvalue weighted by atomic mass is 9.60. The molecule has 1 saturated heterocycles. The molecule has 9 nitrogen and oxygen atoms in total. The number of methoxy groups -OCH3 is 1. The molecule has 4 fully saturated rings. The molecule has 1 aliphatic heterocycles. The number of nitrogens with one attached hydrogen (secondary N) is 2. The van der Waals surface area contributed by atoms with Gasteiger partial charge in [-0.2, -0.15) is 0 Å². The van der Waals surface area contributed by atoms with Gasteiger partial charge < -0.3 is 40.0 Å². The molecule has 0 radical (unpaired) electrons. The van der Waals surface area contributed by atoms with Gasteiger partial charge in [0.1, 0.15) is 6.10 Å². The molecule has 10 atom stereocenters. The van der Waals surface area contributed by atoms with Crippen LogP contribution in [0, 0.1) is 35.0 Å². The first-order chi connectivity index (χ1) is 26.4. The van der Waals surface area contributed by atoms with Crippen LogP contribution < -0.4 is 10.6 Å². The zero-order chi connectivity index (χ0) is 40.0. The van der Waals surface area contributed by atoms with Crippen molar-refractivity contribution in [1.29, 1.82) is 0 Å². The van der Waals surface area contributed by atoms with Crippen molar-refractivity contribution in [3.63, 3.8) is 0 Å². The highest BCUT2D eigenvalue weighted by Gasteiger charge is 2.50. The zero-order valence-electron chi connectivity index (χ0n) is 36.0. The van der Waals surface area contributed by atoms with Crippen LogP contribution in [0.15, 0.2) is 35.5 Å². The fourth-order valence-corrected chi connectivity index (χ4v) is 10.3. The first-order valence-electron chi connectivity index (χ1n) is 22.3. The Morgan fingerprint density at radius 1 is 1.02 bits per heavy atom. The van der Waals surface area contributed by atoms with Crippen LogP contribution in [0.3, 0.4) is 0 Å². The van der Waals surface area contributed by atoms with E-state index in [1.54, 1.807) is 5.57 Å². The third-order valence-corrected chi connectivity index (χ3v) is 13.8. The fourth-order valence-electron chi connectivity index (χ4n) is 10.3. The lowest BCUT2D eigenvalue weighted by Gasteiger charge is -2.44. The summed E-state index contributed by atoms with van der Waals surface area (Å²) in [4.78, 5) is 14.6. The molecule has 55 heavy (non-hydrogen) atoms. The van der Waals surface area contributed by atoms with E-state index in [2.05, 4.69) is 57.1 Å². The molecule has 3 saturated carbocycles. The van der Waals surface area contributed by atoms with Gasteiger partial charge in [-0.3, -0.25) is 4.79 Å². The van der Waals surface area contributed by atoms with Crippen molar-refractivity contribution < 1.29 is 29.2 Å². The van der Waals surface area contributed by atoms with Crippen LogP contribution in [0.25, 0.3) is 0 Å². The number of carbonyl (C=O) groups is 1. The number of fused-ring (bicyclic) bond motifs is 1. The van der Waals surface area contributed by atoms with Crippen molar-refractivity contribution in [1.82, 2.24) is 15.5 Å². The van der Waals surface area contributed by atoms with Crippen molar-refractivity contribution >= 4 is 5.91 Å². The average molecular weight is 772 g/mol. The Hall–Kier alpha value is -1.59. The largest absolute Gasteiger partial charge is 0.390 e. The number of aliphatic hydroxyl groups excluding tert-OH is 2. The summed E-state index contributed by atoms with van der Waals surface area (Å²) in [5.74, 6) is 3.20. The van der Waals surface area contributed by atoms with Gasteiger partial charge in [0.25, 0.3) is 0 Å². The molecule has 1 amide bonds. The maximum atomic E-state index is 12.6. The van der Waals surface area contributed by atoms with Crippen LogP contribution in [0.4, 0.5) is 0 Å². The van der Waals surface area contributed by atoms with Crippen molar-refractivity contribution in [2.24, 2.45) is 35.0 Å². The van der Waals surface area contributed by atoms with Crippen LogP contribution in [0.1, 0.15) is 131 Å². The molecule has 0 bridgehead atoms. The highest BCUT2D eigenvalue weighted by molar-refractivity contribution is 5.75. The van der Waals surface area contributed by atoms with E-state index in [0.717, 1.165) is 82.0 Å². The molecule has 0 aromatic carbocycles. The third-order valence-electron chi connectivity index (χ3n) is 13.8. The second-order valence-corrected chi connectivity index (χ2v) is 18.2. The number of aliphatic hydroxyl groups is 2. The summed E-state index contributed by atoms with van der Waals surface area (Å²) in [6, 6.07) is 0. The van der Waals surface area contributed by atoms with E-state index < -0.39 is 18.5 Å². The van der Waals surface area contributed by atoms with Crippen molar-refractivity contribution in [2.75, 3.05) is 53.0 Å². The van der Waals surface area contributed by atoms with E-state index in [0.29, 0.717) is 31.5 Å². The molecule has 3 aliphatic carbocycles. The molecule has 1 heterocycles. The molecule has 0 aromatic heterocycles. The summed E-state index contributed by atoms with van der Waals surface area (Å²) in [5.41, 5.74) is 4.82. The van der Waals surface area contributed by atoms with Crippen molar-refractivity contribution in [2.45, 2.75) is 162 Å². The molecule has 4 unspecified atom stereocenters. The van der Waals surface area contributed by atoms with E-state index in [4.69, 9.17) is 14.2 Å². The smallest absolute Gasteiger partial charge is 0.222 e. The predicted octanol–water partition coefficient (Wildman–Crippen LogP) is 7.57. The standard InChI is InChI=1S/C46H81N3O6/c1-9-42(50)49(28-13-25-48-31-41-35(6)43(51)44(52)45(53-8)55-41)27-12-24-47-26-29-54-38-20-17-33(4)37(30-38)19-18-36-16-11-23-46(7)39(21-22-40(36)46)34(5)15-10-14-32(2)3/h18-19,32,34-35,38-41,43-45,47-48,51-52H,4,9-17,20-31H2,1-3,5-8H3/b36-18+,37-19-/t34-,35+,38?,39-,40?,41?,43+,44+,45?,46-/m1/s1. The number of rotatable bonds is 22. The highest BCUT2D eigenvalue weighted by atomic mass is 16.7. The number of ether oxygens (including phenoxy) is 3. The highest BCUT2D eigenvalue weighted by Crippen LogP contribution is 2.60. The van der Waals surface area contributed by atoms with Crippen LogP contribution in [-0.4, -0.2) is 105 Å². The first kappa shape index (κ1) is 46.1. The van der Waals surface area contributed by atoms with Crippen molar-refractivity contribution in [3.8, 4) is 0 Å². The summed E-state index contributed by atoms with van der Waals surface area (Å²) < 4.78 is 17.4. The molecule has 4 aliphatic rings. The Balaban J connectivity index is 1.13. The minimum absolute atomic E-state index is 0.179. The lowest BCUT2D eigenvalue weighted by molar-refractivity contribution is -0.274. The van der Waals surface area contributed by atoms with E-state index in [1.807, 2.05) is 18.7 Å². The van der Waals surface area contributed by atoms with Gasteiger partial charge in [-0.05, 0) is 112 Å². The molecule has 9 heteroatoms. The SMILES string of the molecule is C=C1CCC(OCCNCCCN(CCCNCC2OC(OC)[C@@H](O)[C@@H](O)[C@H]2C)C(=O)CC)C/C1=C/C=C1\CCC[C@@]2(C)C1CC[C@@H]2[C@H](C)CCCC(C)C. The van der Waals surface area contributed by atoms with Gasteiger partial charge >= 0.3 is 0 Å². The van der Waals surface area contributed by atoms with E-state index in [-0.39, 0.29) is 24.0 Å². The van der Waals surface area contributed by atoms with Crippen LogP contribution in [0.2, 0.25) is 0 Å². The van der Waals surface area contributed by atoms with Gasteiger partial charge in [0.2, 0.25) is 5.91 Å². The number of amides is 1. The number of carbonyl (C=O) groups excluding carboxylic acids is 1. The van der Waals surface area contributed by atoms with Gasteiger partial charge in [0.05, 0.1) is 24.9 Å². The molecular formula is C46H81N3O6. The Kier molecular flexibility index (Phi) is 19.4. The van der Waals surface area contributed by atoms with Gasteiger partial charge in [0, 0.05) is 45.6 Å². The van der Waals surface area contributed by atoms with E-state index in [9.17, 15) is 15.0 Å². The Bertz CT molecular complexity index is 1240. The predicted molar refractivity (Wildman–Crippen MR) is 224 cm³/mol. The van der Waals surface area contributed by atoms with E-state index >= 15 is 0 Å². The topological polar surface area (TPSA) is 113 Å². The molecule has 4 rings (SSSR count). The van der Waals surface area contributed by atoms with Gasteiger partial charge in [-0.25, -0.2) is 0 Å². The van der Waals surface area contributed by atoms with Crippen LogP contribution in [-0.2, 0) is 19.0 Å². The molecule has 316 valence electrons. The number of allylic oxidation sites excluding steroid dienone is 4. The zero-order valence-corrected chi connectivity index (χ0v) is 36.0. The molecular weight excluding hydrogens is 691 g/mol. The summed E-state index contributed by atoms with van der Waals surface area (Å²) >= 11 is 0. The van der Waals surface area contributed by atoms with Gasteiger partial charge in [-0.1, -0.05) is 90.7 Å². The summed E-state index contributed by atoms with van der Waals surface area (Å²) in [6.07, 6.45) is 18.2. The Morgan fingerprint density at radius 3 is 2.47 bits per heavy atom. The summed E-state index contributed by atoms with van der Waals surface area (Å²) in [5, 5.41) is 27.4. The maximum absolute atomic E-state index is 12.6. The fraction of sp³-hybridized carbons (Fsp3) is 0.848. The third kappa shape index (κ3) is 13.2. The second kappa shape index (κ2) is 23.1. The monoisotopic (exact) mass is 772 g/mol. The number of nitrogens with zero attached hydrogens (tertiary/aromatic N) is 1. The Morgan fingerprint density at radius 2 is 1.76 bits per heavy atom. The number of hydrogen-bond acceptors (Lipinski definition) is 8. The van der Waals surface area contributed by atoms with E-state index in [1.165, 1.54) is 69.6 Å². The molecule has 0 spiro atoms. The maximum Gasteiger partial charge on any atom is 0.222 e. The first-order valence-corrected chi connectivity index (χ1v) is 22.3. The molecule has 4 N–H and O–H groups in total. The number of hydrogen-bond donors (Lipinski definition) is 4. The minimum Gasteiger partial charge on any atom is -0.390 e. The normalized spacial score (nSPS) is 33.4. The van der Waals surface area contributed by atoms with Crippen LogP contribution in [0.5, 0.6) is 0 Å². The van der Waals surface area contributed by atoms with Crippen molar-refractivity contribution in [3.05, 3.63) is 35.5 Å². The lowest BCUT2D eigenvalue weighted by Crippen LogP contribution is -2.56. The van der Waals surface area contributed by atoms with Crippen LogP contribution >= 0.6 is 0 Å². The average Bonchev–Trinajstić information content (AvgIpc) is 3.53.